The molecule has 1 unspecified atom stereocenters. The Labute approximate surface area is 247 Å². The van der Waals surface area contributed by atoms with Gasteiger partial charge in [0.2, 0.25) is 5.88 Å². The van der Waals surface area contributed by atoms with E-state index in [1.807, 2.05) is 0 Å². The molecule has 8 nitrogen and oxygen atoms in total. The molecule has 0 bridgehead atoms. The van der Waals surface area contributed by atoms with Gasteiger partial charge in [-0.05, 0) is 54.1 Å². The predicted octanol–water partition coefficient (Wildman–Crippen LogP) is 6.42. The Bertz CT molecular complexity index is 1740. The number of fused-ring (bicyclic) bond motifs is 1. The lowest BCUT2D eigenvalue weighted by Crippen LogP contribution is -2.21. The van der Waals surface area contributed by atoms with Crippen molar-refractivity contribution in [1.29, 1.82) is 5.26 Å². The Hall–Kier alpha value is -5.75. The highest BCUT2D eigenvalue weighted by Gasteiger charge is 2.32. The van der Waals surface area contributed by atoms with E-state index in [0.29, 0.717) is 51.9 Å². The van der Waals surface area contributed by atoms with Gasteiger partial charge in [0.25, 0.3) is 0 Å². The fourth-order valence-electron chi connectivity index (χ4n) is 4.60. The standard InChI is InChI=1S/C34H27FN2O6/c1-3-16-40-24-11-8-21(9-12-24)34(38)42-25-13-14-26-30(18-25)43-33(37)27(19-36)32(26)22-10-15-29(31(17-22)39-2)41-20-23-6-4-5-7-28(23)35/h3-15,17-18,32H,1,16,20,37H2,2H3. The van der Waals surface area contributed by atoms with Crippen LogP contribution in [0.2, 0.25) is 0 Å². The van der Waals surface area contributed by atoms with E-state index in [1.54, 1.807) is 84.9 Å². The molecule has 1 atom stereocenters. The summed E-state index contributed by atoms with van der Waals surface area (Å²) in [7, 11) is 1.49. The van der Waals surface area contributed by atoms with Crippen molar-refractivity contribution in [3.8, 4) is 34.8 Å². The van der Waals surface area contributed by atoms with E-state index in [9.17, 15) is 14.4 Å². The van der Waals surface area contributed by atoms with Crippen LogP contribution in [0.3, 0.4) is 0 Å². The first-order valence-electron chi connectivity index (χ1n) is 13.2. The second kappa shape index (κ2) is 12.8. The molecule has 0 fully saturated rings. The normalized spacial score (nSPS) is 13.7. The summed E-state index contributed by atoms with van der Waals surface area (Å²) in [5, 5.41) is 9.96. The molecule has 9 heteroatoms. The number of rotatable bonds is 10. The molecule has 0 spiro atoms. The number of nitriles is 1. The van der Waals surface area contributed by atoms with Crippen molar-refractivity contribution in [3.05, 3.63) is 137 Å². The van der Waals surface area contributed by atoms with E-state index in [1.165, 1.54) is 13.2 Å². The molecule has 0 radical (unpaired) electrons. The molecule has 5 rings (SSSR count). The van der Waals surface area contributed by atoms with Crippen LogP contribution in [0.4, 0.5) is 4.39 Å². The molecule has 0 saturated carbocycles. The van der Waals surface area contributed by atoms with Crippen molar-refractivity contribution in [1.82, 2.24) is 0 Å². The summed E-state index contributed by atoms with van der Waals surface area (Å²) in [6.07, 6.45) is 1.63. The highest BCUT2D eigenvalue weighted by atomic mass is 19.1. The molecule has 1 aliphatic rings. The smallest absolute Gasteiger partial charge is 0.343 e. The molecule has 2 N–H and O–H groups in total. The molecule has 43 heavy (non-hydrogen) atoms. The highest BCUT2D eigenvalue weighted by molar-refractivity contribution is 5.91. The second-order valence-corrected chi connectivity index (χ2v) is 9.43. The zero-order valence-corrected chi connectivity index (χ0v) is 23.2. The number of nitrogens with two attached hydrogens (primary N) is 1. The maximum Gasteiger partial charge on any atom is 0.343 e. The van der Waals surface area contributed by atoms with Gasteiger partial charge in [-0.15, -0.1) is 0 Å². The number of carbonyl (C=O) groups is 1. The van der Waals surface area contributed by atoms with Crippen LogP contribution in [-0.2, 0) is 6.61 Å². The van der Waals surface area contributed by atoms with Gasteiger partial charge in [-0.25, -0.2) is 9.18 Å². The SMILES string of the molecule is C=CCOc1ccc(C(=O)Oc2ccc3c(c2)OC(N)=C(C#N)C3c2ccc(OCc3ccccc3F)c(OC)c2)cc1. The molecule has 0 aliphatic carbocycles. The van der Waals surface area contributed by atoms with E-state index >= 15 is 0 Å². The molecular weight excluding hydrogens is 551 g/mol. The fraction of sp³-hybridized carbons (Fsp3) is 0.118. The van der Waals surface area contributed by atoms with Crippen LogP contribution in [0, 0.1) is 17.1 Å². The molecule has 4 aromatic rings. The van der Waals surface area contributed by atoms with Crippen LogP contribution in [0.25, 0.3) is 0 Å². The van der Waals surface area contributed by atoms with Crippen LogP contribution in [0.5, 0.6) is 28.7 Å². The van der Waals surface area contributed by atoms with E-state index < -0.39 is 11.9 Å². The second-order valence-electron chi connectivity index (χ2n) is 9.43. The maximum atomic E-state index is 14.1. The predicted molar refractivity (Wildman–Crippen MR) is 157 cm³/mol. The molecular formula is C34H27FN2O6. The monoisotopic (exact) mass is 578 g/mol. The van der Waals surface area contributed by atoms with Gasteiger partial charge in [0.05, 0.1) is 18.6 Å². The van der Waals surface area contributed by atoms with Crippen LogP contribution in [-0.4, -0.2) is 19.7 Å². The summed E-state index contributed by atoms with van der Waals surface area (Å²) < 4.78 is 42.3. The third-order valence-corrected chi connectivity index (χ3v) is 6.72. The van der Waals surface area contributed by atoms with Crippen molar-refractivity contribution in [2.24, 2.45) is 5.73 Å². The van der Waals surface area contributed by atoms with Crippen LogP contribution < -0.4 is 29.4 Å². The number of esters is 1. The molecule has 4 aromatic carbocycles. The van der Waals surface area contributed by atoms with Gasteiger partial charge in [-0.1, -0.05) is 43.0 Å². The average Bonchev–Trinajstić information content (AvgIpc) is 3.02. The fourth-order valence-corrected chi connectivity index (χ4v) is 4.60. The van der Waals surface area contributed by atoms with Crippen molar-refractivity contribution in [2.75, 3.05) is 13.7 Å². The first-order chi connectivity index (χ1) is 20.9. The molecule has 0 amide bonds. The number of nitrogens with zero attached hydrogens (tertiary/aromatic N) is 1. The van der Waals surface area contributed by atoms with Crippen molar-refractivity contribution >= 4 is 5.97 Å². The quantitative estimate of drug-likeness (QED) is 0.130. The molecule has 1 aliphatic heterocycles. The van der Waals surface area contributed by atoms with Gasteiger partial charge in [0, 0.05) is 17.2 Å². The number of carbonyl (C=O) groups excluding carboxylic acids is 1. The highest BCUT2D eigenvalue weighted by Crippen LogP contribution is 2.45. The van der Waals surface area contributed by atoms with Gasteiger partial charge in [0.15, 0.2) is 11.5 Å². The Morgan fingerprint density at radius 2 is 1.79 bits per heavy atom. The Morgan fingerprint density at radius 3 is 2.51 bits per heavy atom. The first kappa shape index (κ1) is 28.8. The number of hydrogen-bond acceptors (Lipinski definition) is 8. The summed E-state index contributed by atoms with van der Waals surface area (Å²) in [5.74, 6) is 0.350. The lowest BCUT2D eigenvalue weighted by atomic mass is 9.83. The van der Waals surface area contributed by atoms with Gasteiger partial charge >= 0.3 is 5.97 Å². The average molecular weight is 579 g/mol. The van der Waals surface area contributed by atoms with Gasteiger partial charge in [-0.3, -0.25) is 0 Å². The third kappa shape index (κ3) is 6.29. The summed E-state index contributed by atoms with van der Waals surface area (Å²) in [5.41, 5.74) is 8.43. The lowest BCUT2D eigenvalue weighted by molar-refractivity contribution is 0.0734. The minimum Gasteiger partial charge on any atom is -0.493 e. The van der Waals surface area contributed by atoms with Gasteiger partial charge in [0.1, 0.15) is 47.9 Å². The number of halogens is 1. The third-order valence-electron chi connectivity index (χ3n) is 6.72. The van der Waals surface area contributed by atoms with Crippen molar-refractivity contribution in [3.63, 3.8) is 0 Å². The Kier molecular flexibility index (Phi) is 8.58. The molecule has 216 valence electrons. The lowest BCUT2D eigenvalue weighted by Gasteiger charge is -2.27. The largest absolute Gasteiger partial charge is 0.493 e. The van der Waals surface area contributed by atoms with Gasteiger partial charge in [-0.2, -0.15) is 5.26 Å². The maximum absolute atomic E-state index is 14.1. The summed E-state index contributed by atoms with van der Waals surface area (Å²) in [6.45, 7) is 3.97. The van der Waals surface area contributed by atoms with E-state index in [0.717, 1.165) is 0 Å². The topological polar surface area (TPSA) is 113 Å². The van der Waals surface area contributed by atoms with E-state index in [2.05, 4.69) is 12.6 Å². The van der Waals surface area contributed by atoms with Crippen LogP contribution >= 0.6 is 0 Å². The number of benzene rings is 4. The molecule has 0 aromatic heterocycles. The van der Waals surface area contributed by atoms with Crippen LogP contribution in [0.1, 0.15) is 33.0 Å². The van der Waals surface area contributed by atoms with Crippen LogP contribution in [0.15, 0.2) is 109 Å². The molecule has 1 heterocycles. The van der Waals surface area contributed by atoms with Crippen molar-refractivity contribution in [2.45, 2.75) is 12.5 Å². The minimum atomic E-state index is -0.601. The van der Waals surface area contributed by atoms with E-state index in [4.69, 9.17) is 29.4 Å². The van der Waals surface area contributed by atoms with Gasteiger partial charge < -0.3 is 29.4 Å². The van der Waals surface area contributed by atoms with E-state index in [-0.39, 0.29) is 29.6 Å². The summed E-state index contributed by atoms with van der Waals surface area (Å²) in [6, 6.07) is 25.1. The number of allylic oxidation sites excluding steroid dienone is 1. The number of methoxy groups -OCH3 is 1. The first-order valence-corrected chi connectivity index (χ1v) is 13.2. The number of hydrogen-bond donors (Lipinski definition) is 1. The Balaban J connectivity index is 1.39. The summed E-state index contributed by atoms with van der Waals surface area (Å²) >= 11 is 0. The zero-order chi connectivity index (χ0) is 30.3. The van der Waals surface area contributed by atoms with Crippen molar-refractivity contribution < 1.29 is 32.9 Å². The zero-order valence-electron chi connectivity index (χ0n) is 23.2. The Morgan fingerprint density at radius 1 is 1.02 bits per heavy atom. The minimum absolute atomic E-state index is 0.00745. The molecule has 0 saturated heterocycles. The number of ether oxygens (including phenoxy) is 5. The summed E-state index contributed by atoms with van der Waals surface area (Å²) in [4.78, 5) is 12.8.